The van der Waals surface area contributed by atoms with Crippen LogP contribution in [0, 0.1) is 11.8 Å². The Morgan fingerprint density at radius 1 is 1.15 bits per heavy atom. The molecule has 0 aromatic heterocycles. The fourth-order valence-corrected chi connectivity index (χ4v) is 4.16. The van der Waals surface area contributed by atoms with Gasteiger partial charge < -0.3 is 29.5 Å². The van der Waals surface area contributed by atoms with Gasteiger partial charge in [-0.2, -0.15) is 0 Å². The average Bonchev–Trinajstić information content (AvgIpc) is 3.56. The molecule has 8 atom stereocenters. The van der Waals surface area contributed by atoms with Crippen LogP contribution >= 0.6 is 0 Å². The van der Waals surface area contributed by atoms with Crippen molar-refractivity contribution in [2.75, 3.05) is 13.7 Å². The molecule has 0 spiro atoms. The molecule has 8 heteroatoms. The quantitative estimate of drug-likeness (QED) is 0.257. The molecule has 2 aliphatic rings. The van der Waals surface area contributed by atoms with E-state index in [1.54, 1.807) is 44.4 Å². The van der Waals surface area contributed by atoms with Crippen molar-refractivity contribution >= 4 is 17.6 Å². The highest BCUT2D eigenvalue weighted by molar-refractivity contribution is 6.06. The minimum Gasteiger partial charge on any atom is -0.497 e. The monoisotopic (exact) mass is 462 g/mol. The number of aliphatic hydroxyl groups excluding tert-OH is 3. The van der Waals surface area contributed by atoms with E-state index in [0.717, 1.165) is 5.56 Å². The van der Waals surface area contributed by atoms with Gasteiger partial charge in [-0.3, -0.25) is 9.59 Å². The van der Waals surface area contributed by atoms with Crippen LogP contribution in [0.15, 0.2) is 30.3 Å². The molecule has 2 heterocycles. The highest BCUT2D eigenvalue weighted by Gasteiger charge is 2.48. The molecule has 0 amide bonds. The standard InChI is InChI=1S/C25H34O8/c1-14(15(2)26)25-22(33-25)12-21-24(30)23(29)17(13-32-21)10-19(28)11-18(27)7-4-16-5-8-20(31-3)9-6-16/h4-9,14-15,17,21-26,29-30H,10-13H2,1-3H3/b7-4+/t14?,15?,17-,21-,22?,23-,24-,25?/m0/s1. The number of ketones is 2. The lowest BCUT2D eigenvalue weighted by Crippen LogP contribution is -2.51. The van der Waals surface area contributed by atoms with Crippen molar-refractivity contribution in [3.8, 4) is 5.75 Å². The molecule has 2 fully saturated rings. The van der Waals surface area contributed by atoms with Gasteiger partial charge in [0.05, 0.1) is 50.7 Å². The molecule has 0 saturated carbocycles. The first-order chi connectivity index (χ1) is 15.7. The summed E-state index contributed by atoms with van der Waals surface area (Å²) in [6.45, 7) is 3.73. The Balaban J connectivity index is 1.43. The van der Waals surface area contributed by atoms with Gasteiger partial charge >= 0.3 is 0 Å². The van der Waals surface area contributed by atoms with E-state index < -0.39 is 30.3 Å². The lowest BCUT2D eigenvalue weighted by atomic mass is 9.86. The van der Waals surface area contributed by atoms with Gasteiger partial charge in [-0.15, -0.1) is 0 Å². The summed E-state index contributed by atoms with van der Waals surface area (Å²) in [6, 6.07) is 7.17. The SMILES string of the molecule is COc1ccc(/C=C/C(=O)CC(=O)C[C@H]2CO[C@@H](CC3OC3C(C)C(C)O)[C@H](O)[C@H]2O)cc1. The third-order valence-electron chi connectivity index (χ3n) is 6.54. The Bertz CT molecular complexity index is 833. The minimum absolute atomic E-state index is 0.0256. The van der Waals surface area contributed by atoms with E-state index >= 15 is 0 Å². The number of hydrogen-bond acceptors (Lipinski definition) is 8. The van der Waals surface area contributed by atoms with Crippen LogP contribution < -0.4 is 4.74 Å². The zero-order valence-electron chi connectivity index (χ0n) is 19.3. The average molecular weight is 463 g/mol. The van der Waals surface area contributed by atoms with Gasteiger partial charge in [0.15, 0.2) is 5.78 Å². The summed E-state index contributed by atoms with van der Waals surface area (Å²) in [6.07, 6.45) is -0.495. The zero-order valence-corrected chi connectivity index (χ0v) is 19.3. The lowest BCUT2D eigenvalue weighted by Gasteiger charge is -2.37. The topological polar surface area (TPSA) is 126 Å². The maximum absolute atomic E-state index is 12.4. The summed E-state index contributed by atoms with van der Waals surface area (Å²) in [5.41, 5.74) is 0.812. The molecule has 0 bridgehead atoms. The molecule has 0 radical (unpaired) electrons. The van der Waals surface area contributed by atoms with Crippen LogP contribution in [0.25, 0.3) is 6.08 Å². The summed E-state index contributed by atoms with van der Waals surface area (Å²) in [5.74, 6) is -0.527. The number of benzene rings is 1. The molecular formula is C25H34O8. The molecule has 3 N–H and O–H groups in total. The normalized spacial score (nSPS) is 31.2. The second-order valence-electron chi connectivity index (χ2n) is 9.08. The second kappa shape index (κ2) is 11.4. The first-order valence-corrected chi connectivity index (χ1v) is 11.4. The predicted molar refractivity (Wildman–Crippen MR) is 121 cm³/mol. The van der Waals surface area contributed by atoms with Gasteiger partial charge in [0, 0.05) is 24.7 Å². The third-order valence-corrected chi connectivity index (χ3v) is 6.54. The molecule has 1 aromatic rings. The molecule has 0 aliphatic carbocycles. The Labute approximate surface area is 194 Å². The Morgan fingerprint density at radius 2 is 1.85 bits per heavy atom. The molecule has 3 rings (SSSR count). The van der Waals surface area contributed by atoms with Crippen LogP contribution in [0.4, 0.5) is 0 Å². The largest absolute Gasteiger partial charge is 0.497 e. The van der Waals surface area contributed by atoms with E-state index in [-0.39, 0.29) is 49.1 Å². The zero-order chi connectivity index (χ0) is 24.1. The van der Waals surface area contributed by atoms with Gasteiger partial charge in [-0.05, 0) is 30.7 Å². The van der Waals surface area contributed by atoms with E-state index in [2.05, 4.69) is 0 Å². The van der Waals surface area contributed by atoms with Crippen molar-refractivity contribution < 1.29 is 39.1 Å². The molecule has 182 valence electrons. The molecule has 1 aromatic carbocycles. The van der Waals surface area contributed by atoms with Crippen LogP contribution in [-0.4, -0.2) is 77.2 Å². The van der Waals surface area contributed by atoms with E-state index in [0.29, 0.717) is 12.2 Å². The number of carbonyl (C=O) groups is 2. The van der Waals surface area contributed by atoms with Gasteiger partial charge in [-0.25, -0.2) is 0 Å². The number of rotatable bonds is 11. The number of carbonyl (C=O) groups excluding carboxylic acids is 2. The molecular weight excluding hydrogens is 428 g/mol. The Kier molecular flexibility index (Phi) is 8.78. The van der Waals surface area contributed by atoms with Crippen LogP contribution in [-0.2, 0) is 19.1 Å². The van der Waals surface area contributed by atoms with Gasteiger partial charge in [0.1, 0.15) is 17.6 Å². The second-order valence-corrected chi connectivity index (χ2v) is 9.08. The minimum atomic E-state index is -1.14. The third kappa shape index (κ3) is 6.94. The molecule has 33 heavy (non-hydrogen) atoms. The molecule has 2 saturated heterocycles. The predicted octanol–water partition coefficient (Wildman–Crippen LogP) is 1.54. The number of ether oxygens (including phenoxy) is 3. The Morgan fingerprint density at radius 3 is 2.48 bits per heavy atom. The first kappa shape index (κ1) is 25.5. The van der Waals surface area contributed by atoms with Gasteiger partial charge in [-0.1, -0.05) is 25.1 Å². The number of aliphatic hydroxyl groups is 3. The fourth-order valence-electron chi connectivity index (χ4n) is 4.16. The number of allylic oxidation sites excluding steroid dienone is 1. The van der Waals surface area contributed by atoms with Crippen molar-refractivity contribution in [3.63, 3.8) is 0 Å². The first-order valence-electron chi connectivity index (χ1n) is 11.4. The molecule has 8 nitrogen and oxygen atoms in total. The van der Waals surface area contributed by atoms with Crippen LogP contribution in [0.3, 0.4) is 0 Å². The van der Waals surface area contributed by atoms with Gasteiger partial charge in [0.25, 0.3) is 0 Å². The van der Waals surface area contributed by atoms with Crippen molar-refractivity contribution in [2.24, 2.45) is 11.8 Å². The summed E-state index contributed by atoms with van der Waals surface area (Å²) < 4.78 is 16.4. The summed E-state index contributed by atoms with van der Waals surface area (Å²) >= 11 is 0. The van der Waals surface area contributed by atoms with E-state index in [1.165, 1.54) is 6.08 Å². The number of epoxide rings is 1. The number of Topliss-reactive ketones (excluding diaryl/α,β-unsaturated/α-hetero) is 1. The van der Waals surface area contributed by atoms with Crippen molar-refractivity contribution in [2.45, 2.75) is 69.7 Å². The van der Waals surface area contributed by atoms with Crippen molar-refractivity contribution in [3.05, 3.63) is 35.9 Å². The smallest absolute Gasteiger partial charge is 0.163 e. The maximum Gasteiger partial charge on any atom is 0.163 e. The number of hydrogen-bond donors (Lipinski definition) is 3. The fraction of sp³-hybridized carbons (Fsp3) is 0.600. The van der Waals surface area contributed by atoms with Crippen molar-refractivity contribution in [1.29, 1.82) is 0 Å². The van der Waals surface area contributed by atoms with Crippen LogP contribution in [0.2, 0.25) is 0 Å². The summed E-state index contributed by atoms with van der Waals surface area (Å²) in [5, 5.41) is 30.7. The van der Waals surface area contributed by atoms with E-state index in [9.17, 15) is 24.9 Å². The Hall–Kier alpha value is -2.10. The number of methoxy groups -OCH3 is 1. The molecule has 2 aliphatic heterocycles. The summed E-state index contributed by atoms with van der Waals surface area (Å²) in [4.78, 5) is 24.5. The van der Waals surface area contributed by atoms with Crippen molar-refractivity contribution in [1.82, 2.24) is 0 Å². The van der Waals surface area contributed by atoms with Gasteiger partial charge in [0.2, 0.25) is 0 Å². The summed E-state index contributed by atoms with van der Waals surface area (Å²) in [7, 11) is 1.57. The highest BCUT2D eigenvalue weighted by Crippen LogP contribution is 2.37. The van der Waals surface area contributed by atoms with Crippen LogP contribution in [0.5, 0.6) is 5.75 Å². The molecule has 4 unspecified atom stereocenters. The highest BCUT2D eigenvalue weighted by atomic mass is 16.6. The van der Waals surface area contributed by atoms with E-state index in [1.807, 2.05) is 6.92 Å². The maximum atomic E-state index is 12.4. The lowest BCUT2D eigenvalue weighted by molar-refractivity contribution is -0.170. The van der Waals surface area contributed by atoms with E-state index in [4.69, 9.17) is 14.2 Å². The van der Waals surface area contributed by atoms with Crippen LogP contribution in [0.1, 0.15) is 38.7 Å².